The maximum absolute atomic E-state index is 13.6. The third-order valence-corrected chi connectivity index (χ3v) is 6.60. The van der Waals surface area contributed by atoms with Gasteiger partial charge in [-0.25, -0.2) is 14.0 Å². The van der Waals surface area contributed by atoms with E-state index in [1.165, 1.54) is 41.0 Å². The Bertz CT molecular complexity index is 1720. The van der Waals surface area contributed by atoms with E-state index in [2.05, 4.69) is 0 Å². The highest BCUT2D eigenvalue weighted by Crippen LogP contribution is 2.37. The second-order valence-corrected chi connectivity index (χ2v) is 8.82. The highest BCUT2D eigenvalue weighted by atomic mass is 32.2. The number of aromatic nitrogens is 1. The molecule has 0 atom stereocenters. The van der Waals surface area contributed by atoms with E-state index >= 15 is 0 Å². The van der Waals surface area contributed by atoms with Gasteiger partial charge < -0.3 is 19.2 Å². The highest BCUT2D eigenvalue weighted by Gasteiger charge is 2.22. The van der Waals surface area contributed by atoms with Crippen LogP contribution in [-0.4, -0.2) is 20.7 Å². The van der Waals surface area contributed by atoms with E-state index < -0.39 is 28.7 Å². The number of hydrogen-bond acceptors (Lipinski definition) is 6. The minimum Gasteiger partial charge on any atom is -0.505 e. The van der Waals surface area contributed by atoms with Crippen LogP contribution >= 0.6 is 11.8 Å². The molecule has 2 aromatic heterocycles. The summed E-state index contributed by atoms with van der Waals surface area (Å²) in [5.74, 6) is -2.02. The summed E-state index contributed by atoms with van der Waals surface area (Å²) >= 11 is 0.863. The average molecular weight is 489 g/mol. The number of aromatic hydroxyl groups is 1. The third-order valence-electron chi connectivity index (χ3n) is 5.53. The van der Waals surface area contributed by atoms with Gasteiger partial charge in [0.25, 0.3) is 5.56 Å². The molecule has 3 aromatic carbocycles. The van der Waals surface area contributed by atoms with Gasteiger partial charge in [-0.1, -0.05) is 36.0 Å². The zero-order valence-corrected chi connectivity index (χ0v) is 18.7. The lowest BCUT2D eigenvalue weighted by atomic mass is 10.1. The first-order valence-electron chi connectivity index (χ1n) is 10.4. The number of para-hydroxylation sites is 1. The van der Waals surface area contributed by atoms with Crippen molar-refractivity contribution >= 4 is 39.6 Å². The lowest BCUT2D eigenvalue weighted by molar-refractivity contribution is 0.0696. The molecule has 0 amide bonds. The Balaban J connectivity index is 1.71. The van der Waals surface area contributed by atoms with Gasteiger partial charge in [0.2, 0.25) is 0 Å². The predicted octanol–water partition coefficient (Wildman–Crippen LogP) is 4.85. The maximum Gasteiger partial charge on any atom is 0.354 e. The number of aromatic carboxylic acids is 1. The Morgan fingerprint density at radius 2 is 1.66 bits per heavy atom. The van der Waals surface area contributed by atoms with Crippen LogP contribution in [-0.2, 0) is 6.54 Å². The van der Waals surface area contributed by atoms with Crippen molar-refractivity contribution < 1.29 is 23.8 Å². The minimum atomic E-state index is -1.09. The average Bonchev–Trinajstić information content (AvgIpc) is 2.85. The molecule has 174 valence electrons. The lowest BCUT2D eigenvalue weighted by Crippen LogP contribution is -2.22. The number of carboxylic acid groups (broad SMARTS) is 1. The van der Waals surface area contributed by atoms with Crippen molar-refractivity contribution in [3.05, 3.63) is 111 Å². The molecule has 0 saturated carbocycles. The van der Waals surface area contributed by atoms with Crippen LogP contribution in [0.15, 0.2) is 96.6 Å². The Kier molecular flexibility index (Phi) is 5.62. The summed E-state index contributed by atoms with van der Waals surface area (Å²) in [6.45, 7) is 0.104. The van der Waals surface area contributed by atoms with Gasteiger partial charge in [0.1, 0.15) is 16.1 Å². The SMILES string of the molecule is O=C(O)c1ccc(Sc2c(O)c3c(=O)n(Cc4ccc(F)cc4)c4ccccc4c3oc2=O)cc1. The van der Waals surface area contributed by atoms with Crippen LogP contribution in [0.25, 0.3) is 21.9 Å². The van der Waals surface area contributed by atoms with E-state index in [-0.39, 0.29) is 28.0 Å². The molecule has 5 aromatic rings. The molecule has 0 radical (unpaired) electrons. The standard InChI is InChI=1S/C26H16FNO6S/c27-16-9-5-14(6-10-16)13-28-19-4-2-1-3-18(19)22-20(24(28)30)21(29)23(26(33)34-22)35-17-11-7-15(8-12-17)25(31)32/h1-12,29H,13H2,(H,31,32). The molecular formula is C26H16FNO6S. The molecule has 2 heterocycles. The Morgan fingerprint density at radius 1 is 0.971 bits per heavy atom. The van der Waals surface area contributed by atoms with E-state index in [1.807, 2.05) is 0 Å². The summed E-state index contributed by atoms with van der Waals surface area (Å²) in [5.41, 5.74) is -0.215. The molecule has 5 rings (SSSR count). The van der Waals surface area contributed by atoms with Crippen molar-refractivity contribution in [2.45, 2.75) is 16.3 Å². The maximum atomic E-state index is 13.6. The van der Waals surface area contributed by atoms with E-state index in [4.69, 9.17) is 9.52 Å². The molecule has 0 fully saturated rings. The minimum absolute atomic E-state index is 0.0333. The zero-order chi connectivity index (χ0) is 24.7. The van der Waals surface area contributed by atoms with Crippen LogP contribution < -0.4 is 11.2 Å². The predicted molar refractivity (Wildman–Crippen MR) is 129 cm³/mol. The lowest BCUT2D eigenvalue weighted by Gasteiger charge is -2.14. The number of hydrogen-bond donors (Lipinski definition) is 2. The van der Waals surface area contributed by atoms with Crippen LogP contribution in [0.1, 0.15) is 15.9 Å². The molecule has 0 bridgehead atoms. The van der Waals surface area contributed by atoms with Gasteiger partial charge in [0.15, 0.2) is 11.3 Å². The van der Waals surface area contributed by atoms with E-state index in [9.17, 15) is 23.9 Å². The van der Waals surface area contributed by atoms with Gasteiger partial charge in [-0.3, -0.25) is 4.79 Å². The number of pyridine rings is 1. The van der Waals surface area contributed by atoms with E-state index in [1.54, 1.807) is 36.4 Å². The van der Waals surface area contributed by atoms with Crippen LogP contribution in [0.2, 0.25) is 0 Å². The molecule has 0 unspecified atom stereocenters. The van der Waals surface area contributed by atoms with Gasteiger partial charge in [0.05, 0.1) is 17.6 Å². The highest BCUT2D eigenvalue weighted by molar-refractivity contribution is 7.99. The summed E-state index contributed by atoms with van der Waals surface area (Å²) in [7, 11) is 0. The van der Waals surface area contributed by atoms with Crippen molar-refractivity contribution in [2.75, 3.05) is 0 Å². The molecular weight excluding hydrogens is 473 g/mol. The molecule has 0 aliphatic heterocycles. The third kappa shape index (κ3) is 4.06. The summed E-state index contributed by atoms with van der Waals surface area (Å²) in [6, 6.07) is 18.3. The second-order valence-electron chi connectivity index (χ2n) is 7.74. The number of nitrogens with zero attached hydrogens (tertiary/aromatic N) is 1. The van der Waals surface area contributed by atoms with Gasteiger partial charge in [0, 0.05) is 10.3 Å². The van der Waals surface area contributed by atoms with Crippen molar-refractivity contribution in [3.8, 4) is 5.75 Å². The number of carboxylic acids is 1. The fourth-order valence-electron chi connectivity index (χ4n) is 3.84. The number of carbonyl (C=O) groups is 1. The monoisotopic (exact) mass is 489 g/mol. The fourth-order valence-corrected chi connectivity index (χ4v) is 4.68. The van der Waals surface area contributed by atoms with Crippen LogP contribution in [0.5, 0.6) is 5.75 Å². The molecule has 9 heteroatoms. The van der Waals surface area contributed by atoms with Crippen molar-refractivity contribution in [2.24, 2.45) is 0 Å². The number of fused-ring (bicyclic) bond motifs is 3. The first kappa shape index (κ1) is 22.4. The van der Waals surface area contributed by atoms with Crippen molar-refractivity contribution in [1.82, 2.24) is 4.57 Å². The first-order valence-corrected chi connectivity index (χ1v) is 11.2. The van der Waals surface area contributed by atoms with Crippen LogP contribution in [0, 0.1) is 5.82 Å². The van der Waals surface area contributed by atoms with Crippen molar-refractivity contribution in [3.63, 3.8) is 0 Å². The first-order chi connectivity index (χ1) is 16.8. The van der Waals surface area contributed by atoms with Crippen molar-refractivity contribution in [1.29, 1.82) is 0 Å². The summed E-state index contributed by atoms with van der Waals surface area (Å²) in [4.78, 5) is 37.7. The van der Waals surface area contributed by atoms with E-state index in [0.29, 0.717) is 21.4 Å². The van der Waals surface area contributed by atoms with Gasteiger partial charge in [-0.15, -0.1) is 0 Å². The number of rotatable bonds is 5. The quantitative estimate of drug-likeness (QED) is 0.340. The number of benzene rings is 3. The topological polar surface area (TPSA) is 110 Å². The Labute approximate surface area is 200 Å². The molecule has 2 N–H and O–H groups in total. The molecule has 7 nitrogen and oxygen atoms in total. The summed E-state index contributed by atoms with van der Waals surface area (Å²) < 4.78 is 20.3. The summed E-state index contributed by atoms with van der Waals surface area (Å²) in [6.07, 6.45) is 0. The molecule has 0 aliphatic rings. The molecule has 35 heavy (non-hydrogen) atoms. The van der Waals surface area contributed by atoms with Gasteiger partial charge >= 0.3 is 11.6 Å². The van der Waals surface area contributed by atoms with Crippen LogP contribution in [0.3, 0.4) is 0 Å². The smallest absolute Gasteiger partial charge is 0.354 e. The van der Waals surface area contributed by atoms with Gasteiger partial charge in [-0.05, 0) is 54.1 Å². The van der Waals surface area contributed by atoms with Crippen LogP contribution in [0.4, 0.5) is 4.39 Å². The fraction of sp³-hybridized carbons (Fsp3) is 0.0385. The molecule has 0 spiro atoms. The largest absolute Gasteiger partial charge is 0.505 e. The Hall–Kier alpha value is -4.37. The number of halogens is 1. The zero-order valence-electron chi connectivity index (χ0n) is 17.9. The summed E-state index contributed by atoms with van der Waals surface area (Å²) in [5, 5.41) is 20.4. The normalized spacial score (nSPS) is 11.2. The second kappa shape index (κ2) is 8.77. The molecule has 0 saturated heterocycles. The molecule has 0 aliphatic carbocycles. The van der Waals surface area contributed by atoms with E-state index in [0.717, 1.165) is 11.8 Å². The van der Waals surface area contributed by atoms with Gasteiger partial charge in [-0.2, -0.15) is 0 Å². The Morgan fingerprint density at radius 3 is 2.34 bits per heavy atom.